The van der Waals surface area contributed by atoms with Gasteiger partial charge >= 0.3 is 18.2 Å². The van der Waals surface area contributed by atoms with Gasteiger partial charge in [-0.15, -0.1) is 0 Å². The van der Waals surface area contributed by atoms with E-state index < -0.39 is 28.8 Å². The molecule has 0 unspecified atom stereocenters. The van der Waals surface area contributed by atoms with Gasteiger partial charge in [-0.3, -0.25) is 0 Å². The summed E-state index contributed by atoms with van der Waals surface area (Å²) in [5.41, 5.74) is -0.0787. The second-order valence-corrected chi connectivity index (χ2v) is 8.74. The number of esters is 1. The van der Waals surface area contributed by atoms with Crippen LogP contribution in [0.3, 0.4) is 0 Å². The van der Waals surface area contributed by atoms with Crippen LogP contribution in [0.15, 0.2) is 54.1 Å². The molecule has 10 heteroatoms. The summed E-state index contributed by atoms with van der Waals surface area (Å²) in [6, 6.07) is 11.5. The summed E-state index contributed by atoms with van der Waals surface area (Å²) in [5, 5.41) is 2.40. The lowest BCUT2D eigenvalue weighted by Gasteiger charge is -2.37. The van der Waals surface area contributed by atoms with Crippen LogP contribution in [0.1, 0.15) is 30.4 Å². The normalized spacial score (nSPS) is 19.5. The molecule has 2 bridgehead atoms. The highest BCUT2D eigenvalue weighted by Crippen LogP contribution is 2.45. The highest BCUT2D eigenvalue weighted by atomic mass is 35.5. The van der Waals surface area contributed by atoms with E-state index in [2.05, 4.69) is 5.32 Å². The van der Waals surface area contributed by atoms with Gasteiger partial charge in [0.25, 0.3) is 0 Å². The second kappa shape index (κ2) is 10.2. The summed E-state index contributed by atoms with van der Waals surface area (Å²) < 4.78 is 50.9. The number of hydrogen-bond acceptors (Lipinski definition) is 4. The summed E-state index contributed by atoms with van der Waals surface area (Å²) >= 11 is 5.78. The van der Waals surface area contributed by atoms with Crippen LogP contribution in [0.4, 0.5) is 18.0 Å². The SMILES string of the molecule is COC(=O)C1=C(c2ccc(Cl)c(C(F)(F)F)c2)C[C@@H]2CC[C@H]1N2C(=O)NCCOc1ccccc1. The lowest BCUT2D eigenvalue weighted by Crippen LogP contribution is -2.51. The molecule has 2 aliphatic heterocycles. The number of para-hydroxylation sites is 1. The van der Waals surface area contributed by atoms with Crippen LogP contribution in [0.2, 0.25) is 5.02 Å². The van der Waals surface area contributed by atoms with Crippen molar-refractivity contribution in [3.05, 3.63) is 70.3 Å². The molecule has 2 aromatic rings. The van der Waals surface area contributed by atoms with E-state index in [4.69, 9.17) is 21.1 Å². The van der Waals surface area contributed by atoms with E-state index in [-0.39, 0.29) is 42.8 Å². The fourth-order valence-corrected chi connectivity index (χ4v) is 4.95. The quantitative estimate of drug-likeness (QED) is 0.424. The number of carbonyl (C=O) groups is 2. The Bertz CT molecular complexity index is 1140. The van der Waals surface area contributed by atoms with Gasteiger partial charge in [0.15, 0.2) is 0 Å². The molecule has 35 heavy (non-hydrogen) atoms. The van der Waals surface area contributed by atoms with Gasteiger partial charge in [0.2, 0.25) is 0 Å². The Morgan fingerprint density at radius 1 is 1.14 bits per heavy atom. The number of urea groups is 1. The van der Waals surface area contributed by atoms with E-state index in [0.29, 0.717) is 24.2 Å². The molecular weight excluding hydrogens is 485 g/mol. The molecule has 2 atom stereocenters. The number of benzene rings is 2. The van der Waals surface area contributed by atoms with Gasteiger partial charge in [-0.2, -0.15) is 13.2 Å². The molecule has 2 aliphatic rings. The Morgan fingerprint density at radius 3 is 2.57 bits per heavy atom. The molecule has 6 nitrogen and oxygen atoms in total. The average molecular weight is 509 g/mol. The molecule has 0 saturated carbocycles. The molecule has 186 valence electrons. The van der Waals surface area contributed by atoms with Crippen LogP contribution in [-0.2, 0) is 15.7 Å². The number of alkyl halides is 3. The Morgan fingerprint density at radius 2 is 1.89 bits per heavy atom. The molecule has 0 aromatic heterocycles. The average Bonchev–Trinajstić information content (AvgIpc) is 3.15. The van der Waals surface area contributed by atoms with Crippen molar-refractivity contribution in [1.82, 2.24) is 10.2 Å². The van der Waals surface area contributed by atoms with Gasteiger partial charge < -0.3 is 19.7 Å². The minimum absolute atomic E-state index is 0.201. The van der Waals surface area contributed by atoms with Crippen LogP contribution < -0.4 is 10.1 Å². The molecule has 0 aliphatic carbocycles. The van der Waals surface area contributed by atoms with Gasteiger partial charge in [0.05, 0.1) is 35.9 Å². The molecule has 2 aromatic carbocycles. The molecule has 0 radical (unpaired) electrons. The first kappa shape index (κ1) is 24.9. The Hall–Kier alpha value is -3.20. The van der Waals surface area contributed by atoms with E-state index in [1.165, 1.54) is 19.2 Å². The highest BCUT2D eigenvalue weighted by molar-refractivity contribution is 6.31. The first-order valence-electron chi connectivity index (χ1n) is 11.1. The third-order valence-electron chi connectivity index (χ3n) is 6.25. The van der Waals surface area contributed by atoms with Crippen molar-refractivity contribution < 1.29 is 32.2 Å². The molecular formula is C25H24ClF3N2O4. The minimum Gasteiger partial charge on any atom is -0.492 e. The van der Waals surface area contributed by atoms with Gasteiger partial charge in [0.1, 0.15) is 12.4 Å². The largest absolute Gasteiger partial charge is 0.492 e. The number of hydrogen-bond donors (Lipinski definition) is 1. The summed E-state index contributed by atoms with van der Waals surface area (Å²) in [7, 11) is 1.21. The maximum absolute atomic E-state index is 13.4. The van der Waals surface area contributed by atoms with E-state index in [1.54, 1.807) is 4.90 Å². The predicted octanol–water partition coefficient (Wildman–Crippen LogP) is 5.31. The number of rotatable bonds is 6. The monoisotopic (exact) mass is 508 g/mol. The topological polar surface area (TPSA) is 67.9 Å². The maximum atomic E-state index is 13.4. The summed E-state index contributed by atoms with van der Waals surface area (Å²) in [5.74, 6) is 0.0144. The Balaban J connectivity index is 1.56. The number of nitrogens with zero attached hydrogens (tertiary/aromatic N) is 1. The van der Waals surface area contributed by atoms with E-state index in [1.807, 2.05) is 30.3 Å². The number of carbonyl (C=O) groups excluding carboxylic acids is 2. The number of amides is 2. The van der Waals surface area contributed by atoms with Crippen molar-refractivity contribution in [3.8, 4) is 5.75 Å². The summed E-state index contributed by atoms with van der Waals surface area (Å²) in [6.45, 7) is 0.509. The number of methoxy groups -OCH3 is 1. The lowest BCUT2D eigenvalue weighted by molar-refractivity contribution is -0.137. The van der Waals surface area contributed by atoms with Gasteiger partial charge in [0, 0.05) is 6.04 Å². The predicted molar refractivity (Wildman–Crippen MR) is 124 cm³/mol. The van der Waals surface area contributed by atoms with Gasteiger partial charge in [-0.05, 0) is 54.7 Å². The molecule has 2 heterocycles. The fourth-order valence-electron chi connectivity index (χ4n) is 4.73. The first-order valence-corrected chi connectivity index (χ1v) is 11.5. The smallest absolute Gasteiger partial charge is 0.417 e. The minimum atomic E-state index is -4.64. The molecule has 1 fully saturated rings. The fraction of sp³-hybridized carbons (Fsp3) is 0.360. The lowest BCUT2D eigenvalue weighted by atomic mass is 9.87. The van der Waals surface area contributed by atoms with Crippen LogP contribution in [0.25, 0.3) is 5.57 Å². The molecule has 0 spiro atoms. The van der Waals surface area contributed by atoms with Crippen molar-refractivity contribution in [3.63, 3.8) is 0 Å². The molecule has 2 amide bonds. The van der Waals surface area contributed by atoms with Crippen molar-refractivity contribution in [1.29, 1.82) is 0 Å². The first-order chi connectivity index (χ1) is 16.7. The van der Waals surface area contributed by atoms with Gasteiger partial charge in [-0.1, -0.05) is 35.9 Å². The summed E-state index contributed by atoms with van der Waals surface area (Å²) in [4.78, 5) is 27.4. The number of nitrogens with one attached hydrogen (secondary N) is 1. The number of ether oxygens (including phenoxy) is 2. The van der Waals surface area contributed by atoms with Crippen molar-refractivity contribution in [2.75, 3.05) is 20.3 Å². The van der Waals surface area contributed by atoms with Crippen molar-refractivity contribution >= 4 is 29.2 Å². The standard InChI is InChI=1S/C25H24ClF3N2O4/c1-34-23(32)22-18(15-7-9-20(26)19(13-15)25(27,28)29)14-16-8-10-21(22)31(16)24(33)30-11-12-35-17-5-3-2-4-6-17/h2-7,9,13,16,21H,8,10-12,14H2,1H3,(H,30,33)/t16-,21+/m0/s1. The molecule has 1 saturated heterocycles. The van der Waals surface area contributed by atoms with Gasteiger partial charge in [-0.25, -0.2) is 9.59 Å². The second-order valence-electron chi connectivity index (χ2n) is 8.33. The number of fused-ring (bicyclic) bond motifs is 2. The van der Waals surface area contributed by atoms with Crippen LogP contribution >= 0.6 is 11.6 Å². The summed E-state index contributed by atoms with van der Waals surface area (Å²) in [6.07, 6.45) is -3.29. The third-order valence-corrected chi connectivity index (χ3v) is 6.58. The van der Waals surface area contributed by atoms with Crippen LogP contribution in [-0.4, -0.2) is 49.2 Å². The highest BCUT2D eigenvalue weighted by Gasteiger charge is 2.47. The zero-order valence-corrected chi connectivity index (χ0v) is 19.7. The Kier molecular flexibility index (Phi) is 7.25. The van der Waals surface area contributed by atoms with Crippen LogP contribution in [0.5, 0.6) is 5.75 Å². The Labute approximate surface area is 205 Å². The van der Waals surface area contributed by atoms with E-state index in [0.717, 1.165) is 6.07 Å². The van der Waals surface area contributed by atoms with Crippen LogP contribution in [0, 0.1) is 0 Å². The zero-order valence-electron chi connectivity index (χ0n) is 18.9. The molecule has 1 N–H and O–H groups in total. The number of halogens is 4. The van der Waals surface area contributed by atoms with Crippen molar-refractivity contribution in [2.24, 2.45) is 0 Å². The van der Waals surface area contributed by atoms with E-state index in [9.17, 15) is 22.8 Å². The van der Waals surface area contributed by atoms with E-state index >= 15 is 0 Å². The third kappa shape index (κ3) is 5.24. The maximum Gasteiger partial charge on any atom is 0.417 e. The van der Waals surface area contributed by atoms with Crippen molar-refractivity contribution in [2.45, 2.75) is 37.5 Å². The molecule has 4 rings (SSSR count). The zero-order chi connectivity index (χ0) is 25.2.